The van der Waals surface area contributed by atoms with E-state index >= 15 is 0 Å². The van der Waals surface area contributed by atoms with Gasteiger partial charge in [-0.05, 0) is 25.5 Å². The molecule has 0 aliphatic carbocycles. The number of aryl methyl sites for hydroxylation is 2. The van der Waals surface area contributed by atoms with Crippen molar-refractivity contribution in [3.8, 4) is 10.4 Å². The second-order valence-corrected chi connectivity index (χ2v) is 5.66. The van der Waals surface area contributed by atoms with Gasteiger partial charge in [-0.15, -0.1) is 11.3 Å². The lowest BCUT2D eigenvalue weighted by molar-refractivity contribution is 1.10. The molecule has 18 heavy (non-hydrogen) atoms. The number of rotatable bonds is 1. The van der Waals surface area contributed by atoms with E-state index in [-0.39, 0.29) is 0 Å². The van der Waals surface area contributed by atoms with Crippen LogP contribution in [0.1, 0.15) is 11.4 Å². The molecule has 2 aromatic heterocycles. The van der Waals surface area contributed by atoms with Gasteiger partial charge in [-0.25, -0.2) is 9.97 Å². The van der Waals surface area contributed by atoms with Crippen molar-refractivity contribution >= 4 is 33.2 Å². The summed E-state index contributed by atoms with van der Waals surface area (Å²) in [6, 6.07) is 10.5. The molecule has 0 atom stereocenters. The van der Waals surface area contributed by atoms with Crippen LogP contribution in [0.3, 0.4) is 0 Å². The Morgan fingerprint density at radius 2 is 1.78 bits per heavy atom. The first-order valence-electron chi connectivity index (χ1n) is 5.64. The fourth-order valence-corrected chi connectivity index (χ4v) is 3.18. The van der Waals surface area contributed by atoms with Crippen LogP contribution >= 0.6 is 22.9 Å². The van der Waals surface area contributed by atoms with Gasteiger partial charge in [0.1, 0.15) is 5.82 Å². The lowest BCUT2D eigenvalue weighted by Gasteiger charge is -1.96. The standard InChI is InChI=1S/C14H11ClN2S/c1-8-3-5-10(6-4-8)12-7-11-13(18-12)14(15)17-9(2)16-11/h3-7H,1-2H3. The number of hydrogen-bond donors (Lipinski definition) is 0. The molecule has 0 bridgehead atoms. The van der Waals surface area contributed by atoms with Gasteiger partial charge >= 0.3 is 0 Å². The van der Waals surface area contributed by atoms with Crippen LogP contribution in [-0.4, -0.2) is 9.97 Å². The second kappa shape index (κ2) is 4.34. The van der Waals surface area contributed by atoms with Gasteiger partial charge in [0.15, 0.2) is 5.15 Å². The molecule has 0 saturated heterocycles. The molecule has 90 valence electrons. The minimum Gasteiger partial charge on any atom is -0.232 e. The summed E-state index contributed by atoms with van der Waals surface area (Å²) in [4.78, 5) is 9.78. The van der Waals surface area contributed by atoms with E-state index in [0.717, 1.165) is 10.2 Å². The van der Waals surface area contributed by atoms with Crippen molar-refractivity contribution in [2.75, 3.05) is 0 Å². The van der Waals surface area contributed by atoms with Gasteiger partial charge in [-0.1, -0.05) is 41.4 Å². The van der Waals surface area contributed by atoms with Crippen LogP contribution in [0.2, 0.25) is 5.15 Å². The van der Waals surface area contributed by atoms with Gasteiger partial charge in [-0.2, -0.15) is 0 Å². The molecule has 0 unspecified atom stereocenters. The molecule has 4 heteroatoms. The number of thiophene rings is 1. The van der Waals surface area contributed by atoms with Crippen LogP contribution in [0.5, 0.6) is 0 Å². The highest BCUT2D eigenvalue weighted by Crippen LogP contribution is 2.35. The summed E-state index contributed by atoms with van der Waals surface area (Å²) in [5, 5.41) is 0.542. The van der Waals surface area contributed by atoms with Crippen molar-refractivity contribution in [3.05, 3.63) is 46.9 Å². The molecule has 2 heterocycles. The molecule has 0 saturated carbocycles. The number of benzene rings is 1. The monoisotopic (exact) mass is 274 g/mol. The third kappa shape index (κ3) is 2.00. The Morgan fingerprint density at radius 1 is 1.06 bits per heavy atom. The smallest absolute Gasteiger partial charge is 0.150 e. The lowest BCUT2D eigenvalue weighted by atomic mass is 10.1. The highest BCUT2D eigenvalue weighted by atomic mass is 35.5. The molecule has 3 aromatic rings. The van der Waals surface area contributed by atoms with E-state index in [1.54, 1.807) is 11.3 Å². The summed E-state index contributed by atoms with van der Waals surface area (Å²) in [5.74, 6) is 0.709. The maximum Gasteiger partial charge on any atom is 0.150 e. The SMILES string of the molecule is Cc1ccc(-c2cc3nc(C)nc(Cl)c3s2)cc1. The Balaban J connectivity index is 2.19. The zero-order valence-electron chi connectivity index (χ0n) is 10.1. The average molecular weight is 275 g/mol. The van der Waals surface area contributed by atoms with Crippen LogP contribution in [0.15, 0.2) is 30.3 Å². The maximum absolute atomic E-state index is 6.15. The highest BCUT2D eigenvalue weighted by Gasteiger charge is 2.10. The van der Waals surface area contributed by atoms with Gasteiger partial charge in [-0.3, -0.25) is 0 Å². The first-order valence-corrected chi connectivity index (χ1v) is 6.83. The predicted octanol–water partition coefficient (Wildman–Crippen LogP) is 4.63. The predicted molar refractivity (Wildman–Crippen MR) is 77.3 cm³/mol. The van der Waals surface area contributed by atoms with Gasteiger partial charge in [0.05, 0.1) is 10.2 Å². The van der Waals surface area contributed by atoms with E-state index in [9.17, 15) is 0 Å². The molecule has 0 radical (unpaired) electrons. The normalized spacial score (nSPS) is 11.1. The third-order valence-corrected chi connectivity index (χ3v) is 4.34. The van der Waals surface area contributed by atoms with Crippen LogP contribution in [-0.2, 0) is 0 Å². The average Bonchev–Trinajstić information content (AvgIpc) is 2.74. The summed E-state index contributed by atoms with van der Waals surface area (Å²) in [6.45, 7) is 3.94. The lowest BCUT2D eigenvalue weighted by Crippen LogP contribution is -1.86. The molecule has 3 rings (SSSR count). The maximum atomic E-state index is 6.15. The molecular formula is C14H11ClN2S. The third-order valence-electron chi connectivity index (χ3n) is 2.78. The summed E-state index contributed by atoms with van der Waals surface area (Å²) in [7, 11) is 0. The first-order chi connectivity index (χ1) is 8.63. The Labute approximate surface area is 114 Å². The van der Waals surface area contributed by atoms with Crippen LogP contribution < -0.4 is 0 Å². The largest absolute Gasteiger partial charge is 0.232 e. The van der Waals surface area contributed by atoms with Gasteiger partial charge in [0.2, 0.25) is 0 Å². The molecule has 0 N–H and O–H groups in total. The number of fused-ring (bicyclic) bond motifs is 1. The van der Waals surface area contributed by atoms with E-state index in [4.69, 9.17) is 11.6 Å². The van der Waals surface area contributed by atoms with E-state index in [1.807, 2.05) is 6.92 Å². The Morgan fingerprint density at radius 3 is 2.50 bits per heavy atom. The fraction of sp³-hybridized carbons (Fsp3) is 0.143. The van der Waals surface area contributed by atoms with Crippen LogP contribution in [0.4, 0.5) is 0 Å². The van der Waals surface area contributed by atoms with Gasteiger partial charge < -0.3 is 0 Å². The summed E-state index contributed by atoms with van der Waals surface area (Å²) < 4.78 is 0.956. The highest BCUT2D eigenvalue weighted by molar-refractivity contribution is 7.22. The minimum absolute atomic E-state index is 0.542. The van der Waals surface area contributed by atoms with Gasteiger partial charge in [0.25, 0.3) is 0 Å². The van der Waals surface area contributed by atoms with Gasteiger partial charge in [0, 0.05) is 4.88 Å². The van der Waals surface area contributed by atoms with E-state index in [0.29, 0.717) is 11.0 Å². The zero-order chi connectivity index (χ0) is 12.7. The quantitative estimate of drug-likeness (QED) is 0.605. The van der Waals surface area contributed by atoms with Crippen LogP contribution in [0.25, 0.3) is 20.7 Å². The minimum atomic E-state index is 0.542. The molecule has 0 aliphatic heterocycles. The number of hydrogen-bond acceptors (Lipinski definition) is 3. The summed E-state index contributed by atoms with van der Waals surface area (Å²) >= 11 is 7.78. The molecule has 0 fully saturated rings. The molecular weight excluding hydrogens is 264 g/mol. The number of aromatic nitrogens is 2. The van der Waals surface area contributed by atoms with Crippen molar-refractivity contribution in [1.29, 1.82) is 0 Å². The molecule has 1 aromatic carbocycles. The molecule has 2 nitrogen and oxygen atoms in total. The number of nitrogens with zero attached hydrogens (tertiary/aromatic N) is 2. The van der Waals surface area contributed by atoms with E-state index < -0.39 is 0 Å². The van der Waals surface area contributed by atoms with E-state index in [2.05, 4.69) is 47.2 Å². The van der Waals surface area contributed by atoms with Crippen molar-refractivity contribution in [1.82, 2.24) is 9.97 Å². The molecule has 0 amide bonds. The van der Waals surface area contributed by atoms with Crippen molar-refractivity contribution in [2.45, 2.75) is 13.8 Å². The Hall–Kier alpha value is -1.45. The van der Waals surface area contributed by atoms with Crippen molar-refractivity contribution in [3.63, 3.8) is 0 Å². The zero-order valence-corrected chi connectivity index (χ0v) is 11.6. The summed E-state index contributed by atoms with van der Waals surface area (Å²) in [5.41, 5.74) is 3.37. The number of halogens is 1. The van der Waals surface area contributed by atoms with E-state index in [1.165, 1.54) is 16.0 Å². The van der Waals surface area contributed by atoms with Crippen molar-refractivity contribution < 1.29 is 0 Å². The molecule has 0 spiro atoms. The Kier molecular flexibility index (Phi) is 2.80. The fourth-order valence-electron chi connectivity index (χ4n) is 1.86. The van der Waals surface area contributed by atoms with Crippen molar-refractivity contribution in [2.24, 2.45) is 0 Å². The second-order valence-electron chi connectivity index (χ2n) is 4.25. The van der Waals surface area contributed by atoms with Crippen LogP contribution in [0, 0.1) is 13.8 Å². The summed E-state index contributed by atoms with van der Waals surface area (Å²) in [6.07, 6.45) is 0. The Bertz CT molecular complexity index is 716. The first kappa shape index (κ1) is 11.6. The topological polar surface area (TPSA) is 25.8 Å². The molecule has 0 aliphatic rings.